The molecule has 20 heavy (non-hydrogen) atoms. The van der Waals surface area contributed by atoms with Crippen molar-refractivity contribution < 1.29 is 9.18 Å². The molecule has 1 heterocycles. The van der Waals surface area contributed by atoms with Crippen LogP contribution < -0.4 is 11.1 Å². The van der Waals surface area contributed by atoms with E-state index in [0.717, 1.165) is 0 Å². The molecule has 0 aliphatic carbocycles. The van der Waals surface area contributed by atoms with Crippen molar-refractivity contribution in [1.29, 1.82) is 0 Å². The van der Waals surface area contributed by atoms with Crippen LogP contribution in [0.25, 0.3) is 0 Å². The van der Waals surface area contributed by atoms with Gasteiger partial charge in [-0.2, -0.15) is 4.98 Å². The molecule has 8 heteroatoms. The maximum absolute atomic E-state index is 14.2. The number of nitrogens with two attached hydrogens (primary N) is 1. The van der Waals surface area contributed by atoms with Gasteiger partial charge in [0.15, 0.2) is 5.82 Å². The lowest BCUT2D eigenvalue weighted by Gasteiger charge is -2.13. The minimum atomic E-state index is -0.775. The van der Waals surface area contributed by atoms with Gasteiger partial charge in [-0.15, -0.1) is 0 Å². The van der Waals surface area contributed by atoms with Gasteiger partial charge in [0.1, 0.15) is 10.8 Å². The number of carbonyl (C=O) groups is 1. The molecular formula is C12H9Cl2FN4O. The second kappa shape index (κ2) is 5.60. The highest BCUT2D eigenvalue weighted by Gasteiger charge is 2.17. The molecule has 104 valence electrons. The molecule has 0 radical (unpaired) electrons. The van der Waals surface area contributed by atoms with Crippen molar-refractivity contribution in [2.75, 3.05) is 5.32 Å². The Balaban J connectivity index is 2.55. The van der Waals surface area contributed by atoms with Crippen molar-refractivity contribution in [3.8, 4) is 0 Å². The van der Waals surface area contributed by atoms with E-state index in [9.17, 15) is 9.18 Å². The van der Waals surface area contributed by atoms with E-state index in [4.69, 9.17) is 28.9 Å². The van der Waals surface area contributed by atoms with E-state index in [1.165, 1.54) is 18.3 Å². The SMILES string of the molecule is Cc1ccc(C(N)=O)c(Nc2nc(Cl)ncc2Cl)c1F. The molecule has 2 rings (SSSR count). The van der Waals surface area contributed by atoms with E-state index in [1.54, 1.807) is 6.92 Å². The van der Waals surface area contributed by atoms with Crippen LogP contribution in [0.2, 0.25) is 10.3 Å². The van der Waals surface area contributed by atoms with E-state index in [2.05, 4.69) is 15.3 Å². The first-order valence-electron chi connectivity index (χ1n) is 5.44. The molecule has 1 amide bonds. The van der Waals surface area contributed by atoms with Gasteiger partial charge in [0.05, 0.1) is 17.4 Å². The Labute approximate surface area is 123 Å². The van der Waals surface area contributed by atoms with Gasteiger partial charge < -0.3 is 11.1 Å². The largest absolute Gasteiger partial charge is 0.366 e. The molecular weight excluding hydrogens is 306 g/mol. The first-order chi connectivity index (χ1) is 9.40. The van der Waals surface area contributed by atoms with E-state index in [1.807, 2.05) is 0 Å². The number of primary amides is 1. The Bertz CT molecular complexity index is 693. The maximum Gasteiger partial charge on any atom is 0.250 e. The molecule has 1 aromatic carbocycles. The van der Waals surface area contributed by atoms with Crippen LogP contribution in [0.5, 0.6) is 0 Å². The highest BCUT2D eigenvalue weighted by atomic mass is 35.5. The summed E-state index contributed by atoms with van der Waals surface area (Å²) < 4.78 is 14.2. The Morgan fingerprint density at radius 2 is 2.10 bits per heavy atom. The van der Waals surface area contributed by atoms with Gasteiger partial charge in [-0.3, -0.25) is 4.79 Å². The van der Waals surface area contributed by atoms with Crippen LogP contribution in [0, 0.1) is 12.7 Å². The van der Waals surface area contributed by atoms with Crippen molar-refractivity contribution in [1.82, 2.24) is 9.97 Å². The van der Waals surface area contributed by atoms with Gasteiger partial charge in [-0.25, -0.2) is 9.37 Å². The van der Waals surface area contributed by atoms with E-state index in [0.29, 0.717) is 5.56 Å². The van der Waals surface area contributed by atoms with Crippen molar-refractivity contribution in [2.24, 2.45) is 5.73 Å². The van der Waals surface area contributed by atoms with E-state index < -0.39 is 11.7 Å². The Hall–Kier alpha value is -1.92. The fraction of sp³-hybridized carbons (Fsp3) is 0.0833. The monoisotopic (exact) mass is 314 g/mol. The molecule has 5 nitrogen and oxygen atoms in total. The summed E-state index contributed by atoms with van der Waals surface area (Å²) >= 11 is 11.5. The second-order valence-electron chi connectivity index (χ2n) is 3.94. The summed E-state index contributed by atoms with van der Waals surface area (Å²) in [6, 6.07) is 2.87. The standard InChI is InChI=1S/C12H9Cl2FN4O/c1-5-2-3-6(10(16)20)9(8(5)15)18-11-7(13)4-17-12(14)19-11/h2-4H,1H3,(H2,16,20)(H,17,18,19). The topological polar surface area (TPSA) is 80.9 Å². The number of hydrogen-bond acceptors (Lipinski definition) is 4. The molecule has 0 fully saturated rings. The fourth-order valence-corrected chi connectivity index (χ4v) is 1.83. The van der Waals surface area contributed by atoms with Crippen LogP contribution in [0.4, 0.5) is 15.9 Å². The predicted octanol–water partition coefficient (Wildman–Crippen LogP) is 3.07. The summed E-state index contributed by atoms with van der Waals surface area (Å²) in [6.07, 6.45) is 1.26. The Kier molecular flexibility index (Phi) is 4.06. The van der Waals surface area contributed by atoms with E-state index in [-0.39, 0.29) is 27.4 Å². The summed E-state index contributed by atoms with van der Waals surface area (Å²) in [4.78, 5) is 18.9. The van der Waals surface area contributed by atoms with Crippen LogP contribution in [0.15, 0.2) is 18.3 Å². The first-order valence-corrected chi connectivity index (χ1v) is 6.19. The second-order valence-corrected chi connectivity index (χ2v) is 4.69. The predicted molar refractivity (Wildman–Crippen MR) is 75.0 cm³/mol. The Morgan fingerprint density at radius 3 is 2.75 bits per heavy atom. The van der Waals surface area contributed by atoms with Crippen molar-refractivity contribution in [2.45, 2.75) is 6.92 Å². The van der Waals surface area contributed by atoms with Gasteiger partial charge in [0, 0.05) is 0 Å². The number of hydrogen-bond donors (Lipinski definition) is 2. The number of carbonyl (C=O) groups excluding carboxylic acids is 1. The molecule has 0 aliphatic rings. The number of aromatic nitrogens is 2. The average Bonchev–Trinajstić information content (AvgIpc) is 2.39. The normalized spacial score (nSPS) is 10.4. The zero-order valence-electron chi connectivity index (χ0n) is 10.2. The molecule has 0 spiro atoms. The number of halogens is 3. The molecule has 0 unspecified atom stereocenters. The fourth-order valence-electron chi connectivity index (χ4n) is 1.56. The smallest absolute Gasteiger partial charge is 0.250 e. The minimum Gasteiger partial charge on any atom is -0.366 e. The molecule has 0 aliphatic heterocycles. The van der Waals surface area contributed by atoms with Gasteiger partial charge >= 0.3 is 0 Å². The molecule has 2 aromatic rings. The van der Waals surface area contributed by atoms with Crippen LogP contribution >= 0.6 is 23.2 Å². The molecule has 0 atom stereocenters. The average molecular weight is 315 g/mol. The van der Waals surface area contributed by atoms with Crippen molar-refractivity contribution in [3.63, 3.8) is 0 Å². The van der Waals surface area contributed by atoms with Crippen LogP contribution in [0.3, 0.4) is 0 Å². The zero-order valence-corrected chi connectivity index (χ0v) is 11.8. The number of nitrogens with zero attached hydrogens (tertiary/aromatic N) is 2. The number of nitrogens with one attached hydrogen (secondary N) is 1. The third kappa shape index (κ3) is 2.81. The van der Waals surface area contributed by atoms with Crippen molar-refractivity contribution >= 4 is 40.6 Å². The van der Waals surface area contributed by atoms with Crippen LogP contribution in [-0.4, -0.2) is 15.9 Å². The van der Waals surface area contributed by atoms with E-state index >= 15 is 0 Å². The number of rotatable bonds is 3. The summed E-state index contributed by atoms with van der Waals surface area (Å²) in [5.41, 5.74) is 5.44. The third-order valence-electron chi connectivity index (χ3n) is 2.56. The first kappa shape index (κ1) is 14.5. The van der Waals surface area contributed by atoms with Gasteiger partial charge in [-0.1, -0.05) is 17.7 Å². The van der Waals surface area contributed by atoms with Crippen LogP contribution in [-0.2, 0) is 0 Å². The molecule has 1 aromatic heterocycles. The van der Waals surface area contributed by atoms with Crippen LogP contribution in [0.1, 0.15) is 15.9 Å². The lowest BCUT2D eigenvalue weighted by molar-refractivity contribution is 0.100. The summed E-state index contributed by atoms with van der Waals surface area (Å²) in [6.45, 7) is 1.56. The zero-order chi connectivity index (χ0) is 14.9. The van der Waals surface area contributed by atoms with Gasteiger partial charge in [-0.05, 0) is 30.2 Å². The lowest BCUT2D eigenvalue weighted by Crippen LogP contribution is -2.15. The number of aryl methyl sites for hydroxylation is 1. The molecule has 0 bridgehead atoms. The maximum atomic E-state index is 14.2. The summed E-state index contributed by atoms with van der Waals surface area (Å²) in [5.74, 6) is -1.31. The Morgan fingerprint density at radius 1 is 1.40 bits per heavy atom. The van der Waals surface area contributed by atoms with Gasteiger partial charge in [0.2, 0.25) is 5.28 Å². The third-order valence-corrected chi connectivity index (χ3v) is 3.02. The summed E-state index contributed by atoms with van der Waals surface area (Å²) in [7, 11) is 0. The molecule has 3 N–H and O–H groups in total. The lowest BCUT2D eigenvalue weighted by atomic mass is 10.1. The number of benzene rings is 1. The molecule has 0 saturated carbocycles. The number of amides is 1. The quantitative estimate of drug-likeness (QED) is 0.853. The highest BCUT2D eigenvalue weighted by Crippen LogP contribution is 2.29. The highest BCUT2D eigenvalue weighted by molar-refractivity contribution is 6.33. The number of anilines is 2. The van der Waals surface area contributed by atoms with Crippen molar-refractivity contribution in [3.05, 3.63) is 45.6 Å². The van der Waals surface area contributed by atoms with Gasteiger partial charge in [0.25, 0.3) is 5.91 Å². The molecule has 0 saturated heterocycles. The minimum absolute atomic E-state index is 0.0149. The summed E-state index contributed by atoms with van der Waals surface area (Å²) in [5, 5.41) is 2.69.